The summed E-state index contributed by atoms with van der Waals surface area (Å²) >= 11 is 1.74. The predicted octanol–water partition coefficient (Wildman–Crippen LogP) is 3.83. The number of aromatic nitrogens is 1. The third kappa shape index (κ3) is 2.66. The quantitative estimate of drug-likeness (QED) is 0.773. The molecule has 20 heavy (non-hydrogen) atoms. The molecule has 102 valence electrons. The number of thiazole rings is 1. The maximum atomic E-state index is 5.16. The SMILES string of the molecule is CNCCc1sc(-c2ccoc2)nc1-c1ccccc1. The minimum Gasteiger partial charge on any atom is -0.472 e. The zero-order chi connectivity index (χ0) is 13.8. The van der Waals surface area contributed by atoms with Crippen molar-refractivity contribution < 1.29 is 4.42 Å². The van der Waals surface area contributed by atoms with Crippen LogP contribution >= 0.6 is 11.3 Å². The number of rotatable bonds is 5. The Bertz CT molecular complexity index is 659. The summed E-state index contributed by atoms with van der Waals surface area (Å²) in [5.74, 6) is 0. The average Bonchev–Trinajstić information content (AvgIpc) is 3.15. The van der Waals surface area contributed by atoms with Gasteiger partial charge in [-0.15, -0.1) is 11.3 Å². The first kappa shape index (κ1) is 13.1. The molecule has 0 saturated heterocycles. The van der Waals surface area contributed by atoms with Gasteiger partial charge in [-0.3, -0.25) is 0 Å². The van der Waals surface area contributed by atoms with Gasteiger partial charge in [0.2, 0.25) is 0 Å². The lowest BCUT2D eigenvalue weighted by atomic mass is 10.1. The molecule has 0 aliphatic carbocycles. The van der Waals surface area contributed by atoms with Crippen molar-refractivity contribution in [2.24, 2.45) is 0 Å². The lowest BCUT2D eigenvalue weighted by Crippen LogP contribution is -2.09. The van der Waals surface area contributed by atoms with Crippen LogP contribution in [0, 0.1) is 0 Å². The summed E-state index contributed by atoms with van der Waals surface area (Å²) in [6.45, 7) is 0.951. The Morgan fingerprint density at radius 1 is 1.15 bits per heavy atom. The molecule has 2 aromatic heterocycles. The lowest BCUT2D eigenvalue weighted by Gasteiger charge is -2.01. The first-order chi connectivity index (χ1) is 9.88. The van der Waals surface area contributed by atoms with E-state index in [-0.39, 0.29) is 0 Å². The highest BCUT2D eigenvalue weighted by Gasteiger charge is 2.14. The van der Waals surface area contributed by atoms with Gasteiger partial charge in [-0.25, -0.2) is 4.98 Å². The minimum atomic E-state index is 0.951. The Morgan fingerprint density at radius 2 is 2.00 bits per heavy atom. The van der Waals surface area contributed by atoms with E-state index >= 15 is 0 Å². The van der Waals surface area contributed by atoms with Crippen molar-refractivity contribution in [3.8, 4) is 21.8 Å². The Kier molecular flexibility index (Phi) is 3.95. The molecule has 1 aromatic carbocycles. The zero-order valence-corrected chi connectivity index (χ0v) is 12.1. The van der Waals surface area contributed by atoms with Crippen molar-refractivity contribution in [3.63, 3.8) is 0 Å². The summed E-state index contributed by atoms with van der Waals surface area (Å²) in [4.78, 5) is 6.11. The first-order valence-corrected chi connectivity index (χ1v) is 7.42. The fourth-order valence-electron chi connectivity index (χ4n) is 2.09. The van der Waals surface area contributed by atoms with Crippen molar-refractivity contribution in [2.45, 2.75) is 6.42 Å². The van der Waals surface area contributed by atoms with Crippen LogP contribution in [0.1, 0.15) is 4.88 Å². The Hall–Kier alpha value is -1.91. The van der Waals surface area contributed by atoms with Gasteiger partial charge in [0.15, 0.2) is 0 Å². The fourth-order valence-corrected chi connectivity index (χ4v) is 3.16. The van der Waals surface area contributed by atoms with Crippen LogP contribution in [0.3, 0.4) is 0 Å². The highest BCUT2D eigenvalue weighted by atomic mass is 32.1. The molecule has 3 aromatic rings. The van der Waals surface area contributed by atoms with Crippen molar-refractivity contribution in [1.29, 1.82) is 0 Å². The second kappa shape index (κ2) is 6.03. The van der Waals surface area contributed by atoms with Crippen LogP contribution in [-0.2, 0) is 6.42 Å². The van der Waals surface area contributed by atoms with Gasteiger partial charge in [0, 0.05) is 16.0 Å². The van der Waals surface area contributed by atoms with Gasteiger partial charge in [-0.2, -0.15) is 0 Å². The minimum absolute atomic E-state index is 0.951. The molecule has 0 saturated carbocycles. The van der Waals surface area contributed by atoms with Crippen molar-refractivity contribution >= 4 is 11.3 Å². The number of benzene rings is 1. The molecule has 0 aliphatic heterocycles. The molecular formula is C16H16N2OS. The van der Waals surface area contributed by atoms with E-state index in [1.165, 1.54) is 10.4 Å². The predicted molar refractivity (Wildman–Crippen MR) is 82.9 cm³/mol. The van der Waals surface area contributed by atoms with Gasteiger partial charge in [0.1, 0.15) is 11.3 Å². The molecule has 4 heteroatoms. The third-order valence-corrected chi connectivity index (χ3v) is 4.28. The lowest BCUT2D eigenvalue weighted by molar-refractivity contribution is 0.568. The van der Waals surface area contributed by atoms with Crippen LogP contribution in [-0.4, -0.2) is 18.6 Å². The van der Waals surface area contributed by atoms with Crippen LogP contribution in [0.25, 0.3) is 21.8 Å². The number of nitrogens with zero attached hydrogens (tertiary/aromatic N) is 1. The van der Waals surface area contributed by atoms with E-state index in [2.05, 4.69) is 17.4 Å². The van der Waals surface area contributed by atoms with E-state index in [1.54, 1.807) is 23.9 Å². The molecule has 3 rings (SSSR count). The molecule has 1 N–H and O–H groups in total. The molecule has 0 bridgehead atoms. The molecular weight excluding hydrogens is 268 g/mol. The molecule has 0 spiro atoms. The number of hydrogen-bond acceptors (Lipinski definition) is 4. The maximum Gasteiger partial charge on any atom is 0.127 e. The van der Waals surface area contributed by atoms with Crippen molar-refractivity contribution in [3.05, 3.63) is 53.8 Å². The molecule has 0 atom stereocenters. The smallest absolute Gasteiger partial charge is 0.127 e. The zero-order valence-electron chi connectivity index (χ0n) is 11.3. The van der Waals surface area contributed by atoms with Gasteiger partial charge >= 0.3 is 0 Å². The van der Waals surface area contributed by atoms with E-state index in [4.69, 9.17) is 9.40 Å². The van der Waals surface area contributed by atoms with Gasteiger partial charge in [0.25, 0.3) is 0 Å². The molecule has 0 amide bonds. The van der Waals surface area contributed by atoms with Crippen LogP contribution in [0.5, 0.6) is 0 Å². The largest absolute Gasteiger partial charge is 0.472 e. The first-order valence-electron chi connectivity index (χ1n) is 6.61. The van der Waals surface area contributed by atoms with Crippen molar-refractivity contribution in [2.75, 3.05) is 13.6 Å². The molecule has 2 heterocycles. The summed E-state index contributed by atoms with van der Waals surface area (Å²) in [5.41, 5.74) is 3.30. The summed E-state index contributed by atoms with van der Waals surface area (Å²) in [6, 6.07) is 12.3. The van der Waals surface area contributed by atoms with E-state index < -0.39 is 0 Å². The molecule has 0 unspecified atom stereocenters. The normalized spacial score (nSPS) is 10.8. The van der Waals surface area contributed by atoms with Crippen LogP contribution in [0.2, 0.25) is 0 Å². The fraction of sp³-hybridized carbons (Fsp3) is 0.188. The van der Waals surface area contributed by atoms with Crippen LogP contribution in [0.4, 0.5) is 0 Å². The molecule has 0 radical (unpaired) electrons. The van der Waals surface area contributed by atoms with Crippen molar-refractivity contribution in [1.82, 2.24) is 10.3 Å². The second-order valence-electron chi connectivity index (χ2n) is 4.52. The topological polar surface area (TPSA) is 38.1 Å². The monoisotopic (exact) mass is 284 g/mol. The summed E-state index contributed by atoms with van der Waals surface area (Å²) in [7, 11) is 1.97. The molecule has 3 nitrogen and oxygen atoms in total. The Labute approximate surface area is 122 Å². The third-order valence-electron chi connectivity index (χ3n) is 3.11. The Balaban J connectivity index is 2.02. The highest BCUT2D eigenvalue weighted by Crippen LogP contribution is 2.34. The van der Waals surface area contributed by atoms with E-state index in [1.807, 2.05) is 31.3 Å². The van der Waals surface area contributed by atoms with Crippen LogP contribution < -0.4 is 5.32 Å². The average molecular weight is 284 g/mol. The highest BCUT2D eigenvalue weighted by molar-refractivity contribution is 7.15. The van der Waals surface area contributed by atoms with Crippen LogP contribution in [0.15, 0.2) is 53.3 Å². The number of hydrogen-bond donors (Lipinski definition) is 1. The summed E-state index contributed by atoms with van der Waals surface area (Å²) < 4.78 is 5.16. The van der Waals surface area contributed by atoms with E-state index in [0.717, 1.165) is 29.2 Å². The van der Waals surface area contributed by atoms with Gasteiger partial charge in [0.05, 0.1) is 12.0 Å². The van der Waals surface area contributed by atoms with Gasteiger partial charge < -0.3 is 9.73 Å². The number of furan rings is 1. The number of nitrogens with one attached hydrogen (secondary N) is 1. The summed E-state index contributed by atoms with van der Waals surface area (Å²) in [6.07, 6.45) is 4.41. The van der Waals surface area contributed by atoms with Gasteiger partial charge in [-0.05, 0) is 26.1 Å². The second-order valence-corrected chi connectivity index (χ2v) is 5.61. The van der Waals surface area contributed by atoms with E-state index in [9.17, 15) is 0 Å². The Morgan fingerprint density at radius 3 is 2.70 bits per heavy atom. The number of likely N-dealkylation sites (N-methyl/N-ethyl adjacent to an activating group) is 1. The molecule has 0 fully saturated rings. The standard InChI is InChI=1S/C16H16N2OS/c1-17-9-7-14-15(12-5-3-2-4-6-12)18-16(20-14)13-8-10-19-11-13/h2-6,8,10-11,17H,7,9H2,1H3. The maximum absolute atomic E-state index is 5.16. The van der Waals surface area contributed by atoms with E-state index in [0.29, 0.717) is 0 Å². The summed E-state index contributed by atoms with van der Waals surface area (Å²) in [5, 5.41) is 4.22. The molecule has 0 aliphatic rings. The van der Waals surface area contributed by atoms with Gasteiger partial charge in [-0.1, -0.05) is 30.3 Å².